The average Bonchev–Trinajstić information content (AvgIpc) is 2.94. The maximum atomic E-state index is 11.1. The number of benzene rings is 2. The highest BCUT2D eigenvalue weighted by Crippen LogP contribution is 2.23. The Morgan fingerprint density at radius 1 is 1.04 bits per heavy atom. The number of fused-ring (bicyclic) bond motifs is 1. The number of rotatable bonds is 4. The van der Waals surface area contributed by atoms with Crippen molar-refractivity contribution in [2.45, 2.75) is 39.2 Å². The third-order valence-corrected chi connectivity index (χ3v) is 4.48. The van der Waals surface area contributed by atoms with Crippen molar-refractivity contribution in [3.63, 3.8) is 0 Å². The van der Waals surface area contributed by atoms with Crippen LogP contribution in [0.25, 0.3) is 10.9 Å². The van der Waals surface area contributed by atoms with E-state index < -0.39 is 5.97 Å². The first-order valence-electron chi connectivity index (χ1n) is 8.26. The van der Waals surface area contributed by atoms with Crippen LogP contribution >= 0.6 is 0 Å². The molecule has 24 heavy (non-hydrogen) atoms. The normalized spacial score (nSPS) is 11.8. The summed E-state index contributed by atoms with van der Waals surface area (Å²) in [5.74, 6) is -0.886. The molecule has 0 saturated carbocycles. The fourth-order valence-electron chi connectivity index (χ4n) is 2.95. The predicted octanol–water partition coefficient (Wildman–Crippen LogP) is 4.88. The SMILES string of the molecule is CC(C)(C)c1ccc(CCn2ccc3cc(C(=O)O)ccc32)cc1. The molecule has 0 radical (unpaired) electrons. The van der Waals surface area contributed by atoms with Crippen LogP contribution in [0, 0.1) is 0 Å². The zero-order valence-corrected chi connectivity index (χ0v) is 14.4. The lowest BCUT2D eigenvalue weighted by Crippen LogP contribution is -2.10. The van der Waals surface area contributed by atoms with Crippen molar-refractivity contribution in [1.82, 2.24) is 4.57 Å². The van der Waals surface area contributed by atoms with E-state index in [2.05, 4.69) is 49.6 Å². The summed E-state index contributed by atoms with van der Waals surface area (Å²) in [5.41, 5.74) is 4.24. The lowest BCUT2D eigenvalue weighted by Gasteiger charge is -2.19. The Morgan fingerprint density at radius 2 is 1.75 bits per heavy atom. The van der Waals surface area contributed by atoms with Crippen molar-refractivity contribution in [3.8, 4) is 0 Å². The molecule has 3 aromatic rings. The summed E-state index contributed by atoms with van der Waals surface area (Å²) in [4.78, 5) is 11.1. The fraction of sp³-hybridized carbons (Fsp3) is 0.286. The zero-order valence-electron chi connectivity index (χ0n) is 14.4. The molecule has 1 heterocycles. The monoisotopic (exact) mass is 321 g/mol. The molecule has 0 aliphatic rings. The molecule has 0 spiro atoms. The maximum Gasteiger partial charge on any atom is 0.335 e. The fourth-order valence-corrected chi connectivity index (χ4v) is 2.95. The van der Waals surface area contributed by atoms with E-state index in [9.17, 15) is 4.79 Å². The summed E-state index contributed by atoms with van der Waals surface area (Å²) in [6, 6.07) is 16.1. The minimum Gasteiger partial charge on any atom is -0.478 e. The van der Waals surface area contributed by atoms with Crippen molar-refractivity contribution in [1.29, 1.82) is 0 Å². The number of aryl methyl sites for hydroxylation is 2. The Hall–Kier alpha value is -2.55. The van der Waals surface area contributed by atoms with Gasteiger partial charge >= 0.3 is 5.97 Å². The van der Waals surface area contributed by atoms with Crippen molar-refractivity contribution >= 4 is 16.9 Å². The summed E-state index contributed by atoms with van der Waals surface area (Å²) in [6.07, 6.45) is 2.98. The third-order valence-electron chi connectivity index (χ3n) is 4.48. The van der Waals surface area contributed by atoms with Crippen molar-refractivity contribution in [2.75, 3.05) is 0 Å². The number of carbonyl (C=O) groups is 1. The molecule has 1 aromatic heterocycles. The summed E-state index contributed by atoms with van der Waals surface area (Å²) in [5, 5.41) is 10.0. The molecule has 0 aliphatic heterocycles. The van der Waals surface area contributed by atoms with Gasteiger partial charge in [-0.15, -0.1) is 0 Å². The number of aromatic nitrogens is 1. The van der Waals surface area contributed by atoms with Gasteiger partial charge < -0.3 is 9.67 Å². The zero-order chi connectivity index (χ0) is 17.3. The van der Waals surface area contributed by atoms with Crippen LogP contribution in [0.2, 0.25) is 0 Å². The van der Waals surface area contributed by atoms with Crippen LogP contribution in [0.1, 0.15) is 42.3 Å². The predicted molar refractivity (Wildman–Crippen MR) is 97.7 cm³/mol. The second-order valence-corrected chi connectivity index (χ2v) is 7.28. The van der Waals surface area contributed by atoms with E-state index in [1.165, 1.54) is 11.1 Å². The van der Waals surface area contributed by atoms with Crippen LogP contribution in [0.4, 0.5) is 0 Å². The Labute approximate surface area is 142 Å². The Kier molecular flexibility index (Phi) is 4.18. The van der Waals surface area contributed by atoms with Gasteiger partial charge in [0, 0.05) is 23.6 Å². The van der Waals surface area contributed by atoms with Crippen LogP contribution < -0.4 is 0 Å². The highest BCUT2D eigenvalue weighted by atomic mass is 16.4. The second kappa shape index (κ2) is 6.16. The van der Waals surface area contributed by atoms with Crippen molar-refractivity contribution in [2.24, 2.45) is 0 Å². The molecule has 3 nitrogen and oxygen atoms in total. The molecule has 124 valence electrons. The van der Waals surface area contributed by atoms with Crippen LogP contribution in [0.5, 0.6) is 0 Å². The molecule has 0 unspecified atom stereocenters. The summed E-state index contributed by atoms with van der Waals surface area (Å²) in [6.45, 7) is 7.54. The van der Waals surface area contributed by atoms with Gasteiger partial charge in [-0.25, -0.2) is 4.79 Å². The van der Waals surface area contributed by atoms with E-state index >= 15 is 0 Å². The van der Waals surface area contributed by atoms with Crippen LogP contribution in [0.15, 0.2) is 54.7 Å². The minimum absolute atomic E-state index is 0.178. The number of carboxylic acid groups (broad SMARTS) is 1. The van der Waals surface area contributed by atoms with Crippen LogP contribution in [-0.4, -0.2) is 15.6 Å². The first-order valence-corrected chi connectivity index (χ1v) is 8.26. The topological polar surface area (TPSA) is 42.2 Å². The Bertz CT molecular complexity index is 867. The number of aromatic carboxylic acids is 1. The highest BCUT2D eigenvalue weighted by molar-refractivity contribution is 5.93. The molecule has 0 fully saturated rings. The number of hydrogen-bond donors (Lipinski definition) is 1. The van der Waals surface area contributed by atoms with Gasteiger partial charge in [-0.3, -0.25) is 0 Å². The van der Waals surface area contributed by atoms with Crippen molar-refractivity contribution < 1.29 is 9.90 Å². The smallest absolute Gasteiger partial charge is 0.335 e. The number of hydrogen-bond acceptors (Lipinski definition) is 1. The quantitative estimate of drug-likeness (QED) is 0.744. The summed E-state index contributed by atoms with van der Waals surface area (Å²) in [7, 11) is 0. The Morgan fingerprint density at radius 3 is 2.38 bits per heavy atom. The molecule has 0 saturated heterocycles. The average molecular weight is 321 g/mol. The van der Waals surface area contributed by atoms with Gasteiger partial charge in [0.25, 0.3) is 0 Å². The maximum absolute atomic E-state index is 11.1. The molecular weight excluding hydrogens is 298 g/mol. The molecule has 1 N–H and O–H groups in total. The van der Waals surface area contributed by atoms with Gasteiger partial charge in [-0.2, -0.15) is 0 Å². The van der Waals surface area contributed by atoms with Gasteiger partial charge in [-0.05, 0) is 47.2 Å². The molecule has 3 heteroatoms. The van der Waals surface area contributed by atoms with Gasteiger partial charge in [0.15, 0.2) is 0 Å². The lowest BCUT2D eigenvalue weighted by atomic mass is 9.86. The van der Waals surface area contributed by atoms with E-state index in [4.69, 9.17) is 5.11 Å². The first-order chi connectivity index (χ1) is 11.3. The van der Waals surface area contributed by atoms with E-state index in [0.29, 0.717) is 5.56 Å². The van der Waals surface area contributed by atoms with Gasteiger partial charge in [0.2, 0.25) is 0 Å². The molecule has 2 aromatic carbocycles. The molecule has 0 atom stereocenters. The molecule has 0 aliphatic carbocycles. The number of carboxylic acids is 1. The van der Waals surface area contributed by atoms with Gasteiger partial charge in [0.05, 0.1) is 5.56 Å². The van der Waals surface area contributed by atoms with E-state index in [-0.39, 0.29) is 5.41 Å². The summed E-state index contributed by atoms with van der Waals surface area (Å²) >= 11 is 0. The standard InChI is InChI=1S/C21H23NO2/c1-21(2,3)18-7-4-15(5-8-18)10-12-22-13-11-16-14-17(20(23)24)6-9-19(16)22/h4-9,11,13-14H,10,12H2,1-3H3,(H,23,24). The lowest BCUT2D eigenvalue weighted by molar-refractivity contribution is 0.0697. The van der Waals surface area contributed by atoms with Crippen LogP contribution in [-0.2, 0) is 18.4 Å². The van der Waals surface area contributed by atoms with E-state index in [0.717, 1.165) is 23.9 Å². The van der Waals surface area contributed by atoms with E-state index in [1.54, 1.807) is 12.1 Å². The molecule has 3 rings (SSSR count). The van der Waals surface area contributed by atoms with Gasteiger partial charge in [0.1, 0.15) is 0 Å². The third kappa shape index (κ3) is 3.35. The van der Waals surface area contributed by atoms with E-state index in [1.807, 2.05) is 18.3 Å². The second-order valence-electron chi connectivity index (χ2n) is 7.28. The minimum atomic E-state index is -0.886. The number of nitrogens with zero attached hydrogens (tertiary/aromatic N) is 1. The largest absolute Gasteiger partial charge is 0.478 e. The van der Waals surface area contributed by atoms with Gasteiger partial charge in [-0.1, -0.05) is 45.0 Å². The molecule has 0 amide bonds. The van der Waals surface area contributed by atoms with Crippen LogP contribution in [0.3, 0.4) is 0 Å². The Balaban J connectivity index is 1.75. The summed E-state index contributed by atoms with van der Waals surface area (Å²) < 4.78 is 2.18. The van der Waals surface area contributed by atoms with Crippen molar-refractivity contribution in [3.05, 3.63) is 71.4 Å². The first kappa shape index (κ1) is 16.3. The highest BCUT2D eigenvalue weighted by Gasteiger charge is 2.13. The molecular formula is C21H23NO2. The molecule has 0 bridgehead atoms.